The van der Waals surface area contributed by atoms with Gasteiger partial charge < -0.3 is 10.6 Å². The summed E-state index contributed by atoms with van der Waals surface area (Å²) in [5, 5.41) is 6.90. The summed E-state index contributed by atoms with van der Waals surface area (Å²) in [6.07, 6.45) is 3.25. The molecule has 2 heterocycles. The smallest absolute Gasteiger partial charge is 0.293 e. The molecule has 1 saturated heterocycles. The average Bonchev–Trinajstić information content (AvgIpc) is 3.10. The summed E-state index contributed by atoms with van der Waals surface area (Å²) in [5.74, 6) is 2.01. The van der Waals surface area contributed by atoms with Crippen LogP contribution in [0.25, 0.3) is 0 Å². The molecule has 1 aliphatic heterocycles. The number of rotatable bonds is 2. The quantitative estimate of drug-likeness (QED) is 0.798. The van der Waals surface area contributed by atoms with Gasteiger partial charge in [0.25, 0.3) is 5.91 Å². The van der Waals surface area contributed by atoms with Crippen LogP contribution >= 0.6 is 0 Å². The highest BCUT2D eigenvalue weighted by molar-refractivity contribution is 5.90. The third kappa shape index (κ3) is 2.12. The molecule has 2 unspecified atom stereocenters. The third-order valence-corrected chi connectivity index (χ3v) is 3.96. The molecule has 0 radical (unpaired) electrons. The zero-order valence-electron chi connectivity index (χ0n) is 10.6. The monoisotopic (exact) mass is 249 g/mol. The number of nitrogens with two attached hydrogens (primary N) is 1. The molecule has 1 aromatic rings. The van der Waals surface area contributed by atoms with Crippen molar-refractivity contribution >= 4 is 5.91 Å². The van der Waals surface area contributed by atoms with E-state index >= 15 is 0 Å². The maximum Gasteiger partial charge on any atom is 0.293 e. The van der Waals surface area contributed by atoms with E-state index in [0.29, 0.717) is 24.2 Å². The Morgan fingerprint density at radius 1 is 1.44 bits per heavy atom. The van der Waals surface area contributed by atoms with Crippen molar-refractivity contribution in [1.29, 1.82) is 0 Å². The van der Waals surface area contributed by atoms with E-state index in [1.807, 2.05) is 0 Å². The Kier molecular flexibility index (Phi) is 2.81. The van der Waals surface area contributed by atoms with Crippen molar-refractivity contribution < 1.29 is 4.79 Å². The van der Waals surface area contributed by atoms with Gasteiger partial charge in [-0.05, 0) is 25.2 Å². The average molecular weight is 249 g/mol. The highest BCUT2D eigenvalue weighted by Crippen LogP contribution is 2.37. The Morgan fingerprint density at radius 2 is 2.22 bits per heavy atom. The van der Waals surface area contributed by atoms with Crippen LogP contribution in [-0.4, -0.2) is 45.1 Å². The molecule has 0 spiro atoms. The van der Waals surface area contributed by atoms with Gasteiger partial charge in [0.05, 0.1) is 0 Å². The van der Waals surface area contributed by atoms with Gasteiger partial charge in [0.15, 0.2) is 0 Å². The number of nitrogens with zero attached hydrogens (tertiary/aromatic N) is 3. The summed E-state index contributed by atoms with van der Waals surface area (Å²) < 4.78 is 0. The molecular weight excluding hydrogens is 230 g/mol. The number of likely N-dealkylation sites (tertiary alicyclic amines) is 1. The Labute approximate surface area is 106 Å². The van der Waals surface area contributed by atoms with Gasteiger partial charge in [-0.2, -0.15) is 0 Å². The first-order valence-corrected chi connectivity index (χ1v) is 6.62. The van der Waals surface area contributed by atoms with Crippen LogP contribution in [0.2, 0.25) is 0 Å². The Balaban J connectivity index is 1.69. The minimum absolute atomic E-state index is 0.0598. The lowest BCUT2D eigenvalue weighted by Crippen LogP contribution is -2.49. The summed E-state index contributed by atoms with van der Waals surface area (Å²) in [6, 6.07) is 0.0598. The maximum atomic E-state index is 12.2. The molecule has 1 amide bonds. The number of nitrogens with one attached hydrogen (secondary N) is 1. The predicted molar refractivity (Wildman–Crippen MR) is 66.0 cm³/mol. The highest BCUT2D eigenvalue weighted by atomic mass is 16.2. The molecule has 1 aromatic heterocycles. The Morgan fingerprint density at radius 3 is 2.89 bits per heavy atom. The van der Waals surface area contributed by atoms with E-state index in [2.05, 4.69) is 22.1 Å². The number of amides is 1. The third-order valence-electron chi connectivity index (χ3n) is 3.96. The summed E-state index contributed by atoms with van der Waals surface area (Å²) in [5.41, 5.74) is 6.01. The van der Waals surface area contributed by atoms with Crippen LogP contribution in [0.15, 0.2) is 0 Å². The fraction of sp³-hybridized carbons (Fsp3) is 0.750. The number of carbonyl (C=O) groups excluding carboxylic acids is 1. The van der Waals surface area contributed by atoms with Crippen molar-refractivity contribution in [3.05, 3.63) is 11.6 Å². The number of piperidine rings is 1. The first-order chi connectivity index (χ1) is 8.65. The fourth-order valence-corrected chi connectivity index (χ4v) is 2.33. The number of hydrogen-bond acceptors (Lipinski definition) is 4. The zero-order valence-corrected chi connectivity index (χ0v) is 10.6. The number of aromatic nitrogens is 3. The molecule has 1 aliphatic carbocycles. The number of hydrogen-bond donors (Lipinski definition) is 2. The Hall–Kier alpha value is -1.43. The lowest BCUT2D eigenvalue weighted by Gasteiger charge is -2.34. The molecule has 1 saturated carbocycles. The maximum absolute atomic E-state index is 12.2. The second kappa shape index (κ2) is 4.35. The van der Waals surface area contributed by atoms with Gasteiger partial charge in [-0.3, -0.25) is 9.89 Å². The molecule has 18 heavy (non-hydrogen) atoms. The van der Waals surface area contributed by atoms with E-state index in [0.717, 1.165) is 31.6 Å². The largest absolute Gasteiger partial charge is 0.334 e. The van der Waals surface area contributed by atoms with Gasteiger partial charge in [-0.25, -0.2) is 4.98 Å². The SMILES string of the molecule is CC1CCN(C(=O)c2n[nH]c(C3CC3)n2)CC1N. The molecule has 2 atom stereocenters. The van der Waals surface area contributed by atoms with E-state index in [1.54, 1.807) is 4.90 Å². The van der Waals surface area contributed by atoms with Gasteiger partial charge in [0.2, 0.25) is 5.82 Å². The molecule has 2 fully saturated rings. The summed E-state index contributed by atoms with van der Waals surface area (Å²) in [4.78, 5) is 18.3. The van der Waals surface area contributed by atoms with Crippen LogP contribution < -0.4 is 5.73 Å². The normalized spacial score (nSPS) is 28.4. The molecule has 0 bridgehead atoms. The summed E-state index contributed by atoms with van der Waals surface area (Å²) in [6.45, 7) is 3.48. The molecular formula is C12H19N5O. The van der Waals surface area contributed by atoms with Gasteiger partial charge in [0, 0.05) is 25.0 Å². The van der Waals surface area contributed by atoms with Crippen LogP contribution in [0.3, 0.4) is 0 Å². The minimum atomic E-state index is -0.0968. The van der Waals surface area contributed by atoms with E-state index in [1.165, 1.54) is 0 Å². The van der Waals surface area contributed by atoms with Crippen LogP contribution in [0.1, 0.15) is 48.5 Å². The van der Waals surface area contributed by atoms with Crippen LogP contribution in [0.4, 0.5) is 0 Å². The molecule has 3 N–H and O–H groups in total. The predicted octanol–water partition coefficient (Wildman–Crippen LogP) is 0.491. The molecule has 6 heteroatoms. The van der Waals surface area contributed by atoms with Gasteiger partial charge >= 0.3 is 0 Å². The van der Waals surface area contributed by atoms with E-state index < -0.39 is 0 Å². The standard InChI is InChI=1S/C12H19N5O/c1-7-4-5-17(6-9(7)13)12(18)11-14-10(15-16-11)8-2-3-8/h7-9H,2-6,13H2,1H3,(H,14,15,16). The molecule has 98 valence electrons. The van der Waals surface area contributed by atoms with E-state index in [9.17, 15) is 4.79 Å². The topological polar surface area (TPSA) is 87.9 Å². The van der Waals surface area contributed by atoms with Crippen molar-refractivity contribution in [2.24, 2.45) is 11.7 Å². The van der Waals surface area contributed by atoms with Crippen molar-refractivity contribution in [3.63, 3.8) is 0 Å². The lowest BCUT2D eigenvalue weighted by molar-refractivity contribution is 0.0660. The van der Waals surface area contributed by atoms with E-state index in [-0.39, 0.29) is 11.9 Å². The number of aromatic amines is 1. The summed E-state index contributed by atoms with van der Waals surface area (Å²) in [7, 11) is 0. The van der Waals surface area contributed by atoms with Crippen LogP contribution in [0.5, 0.6) is 0 Å². The minimum Gasteiger partial charge on any atom is -0.334 e. The second-order valence-electron chi connectivity index (χ2n) is 5.50. The van der Waals surface area contributed by atoms with Crippen LogP contribution in [-0.2, 0) is 0 Å². The first-order valence-electron chi connectivity index (χ1n) is 6.62. The highest BCUT2D eigenvalue weighted by Gasteiger charge is 2.31. The van der Waals surface area contributed by atoms with Gasteiger partial charge in [-0.1, -0.05) is 6.92 Å². The number of H-pyrrole nitrogens is 1. The molecule has 0 aromatic carbocycles. The summed E-state index contributed by atoms with van der Waals surface area (Å²) >= 11 is 0. The molecule has 3 rings (SSSR count). The van der Waals surface area contributed by atoms with Gasteiger partial charge in [0.1, 0.15) is 5.82 Å². The van der Waals surface area contributed by atoms with Crippen molar-refractivity contribution in [1.82, 2.24) is 20.1 Å². The fourth-order valence-electron chi connectivity index (χ4n) is 2.33. The Bertz CT molecular complexity index is 453. The molecule has 6 nitrogen and oxygen atoms in total. The van der Waals surface area contributed by atoms with Crippen LogP contribution in [0, 0.1) is 5.92 Å². The second-order valence-corrected chi connectivity index (χ2v) is 5.50. The van der Waals surface area contributed by atoms with Crippen molar-refractivity contribution in [3.8, 4) is 0 Å². The van der Waals surface area contributed by atoms with Crippen molar-refractivity contribution in [2.75, 3.05) is 13.1 Å². The number of carbonyl (C=O) groups is 1. The van der Waals surface area contributed by atoms with E-state index in [4.69, 9.17) is 5.73 Å². The van der Waals surface area contributed by atoms with Gasteiger partial charge in [-0.15, -0.1) is 5.10 Å². The molecule has 2 aliphatic rings. The lowest BCUT2D eigenvalue weighted by atomic mass is 9.94. The zero-order chi connectivity index (χ0) is 12.7. The first kappa shape index (κ1) is 11.6. The van der Waals surface area contributed by atoms with Crippen molar-refractivity contribution in [2.45, 2.75) is 38.1 Å².